The van der Waals surface area contributed by atoms with E-state index in [1.54, 1.807) is 0 Å². The molecule has 3 rings (SSSR count). The highest BCUT2D eigenvalue weighted by molar-refractivity contribution is 6.02. The Morgan fingerprint density at radius 1 is 0.972 bits per heavy atom. The van der Waals surface area contributed by atoms with Gasteiger partial charge in [-0.25, -0.2) is 0 Å². The summed E-state index contributed by atoms with van der Waals surface area (Å²) in [6.07, 6.45) is 16.1. The lowest BCUT2D eigenvalue weighted by Gasteiger charge is -2.33. The molecule has 2 heterocycles. The second kappa shape index (κ2) is 15.9. The van der Waals surface area contributed by atoms with Gasteiger partial charge in [0, 0.05) is 44.0 Å². The number of benzene rings is 1. The van der Waals surface area contributed by atoms with E-state index in [1.807, 2.05) is 18.2 Å². The van der Waals surface area contributed by atoms with Gasteiger partial charge in [0.05, 0.1) is 11.7 Å². The lowest BCUT2D eigenvalue weighted by molar-refractivity contribution is -0.116. The molecular formula is C30H49N3O3. The first-order chi connectivity index (χ1) is 17.6. The van der Waals surface area contributed by atoms with Crippen molar-refractivity contribution in [1.29, 1.82) is 0 Å². The zero-order chi connectivity index (χ0) is 25.6. The van der Waals surface area contributed by atoms with Gasteiger partial charge in [-0.1, -0.05) is 65.2 Å². The van der Waals surface area contributed by atoms with Crippen molar-refractivity contribution >= 4 is 23.2 Å². The van der Waals surface area contributed by atoms with Crippen LogP contribution in [0.2, 0.25) is 0 Å². The second-order valence-electron chi connectivity index (χ2n) is 10.9. The molecule has 2 aliphatic rings. The summed E-state index contributed by atoms with van der Waals surface area (Å²) in [7, 11) is 0. The maximum atomic E-state index is 13.2. The van der Waals surface area contributed by atoms with E-state index in [0.717, 1.165) is 69.8 Å². The SMILES string of the molecule is CCCCCCCCCCCC(=O)Nc1ccc(N2CCC(C)CC2)c(C(=O)NCC2CCCO2)c1. The molecule has 202 valence electrons. The molecule has 2 fully saturated rings. The number of piperidine rings is 1. The normalized spacial score (nSPS) is 18.4. The Balaban J connectivity index is 1.51. The zero-order valence-electron chi connectivity index (χ0n) is 22.8. The first-order valence-corrected chi connectivity index (χ1v) is 14.7. The molecule has 1 aromatic carbocycles. The molecule has 2 aliphatic heterocycles. The summed E-state index contributed by atoms with van der Waals surface area (Å²) in [5, 5.41) is 6.11. The van der Waals surface area contributed by atoms with E-state index in [0.29, 0.717) is 24.2 Å². The van der Waals surface area contributed by atoms with Gasteiger partial charge in [0.15, 0.2) is 0 Å². The molecule has 0 saturated carbocycles. The predicted octanol–water partition coefficient (Wildman–Crippen LogP) is 6.69. The molecule has 0 spiro atoms. The van der Waals surface area contributed by atoms with Gasteiger partial charge in [-0.05, 0) is 56.2 Å². The van der Waals surface area contributed by atoms with Crippen molar-refractivity contribution in [2.45, 2.75) is 110 Å². The molecule has 1 aromatic rings. The third-order valence-corrected chi connectivity index (χ3v) is 7.67. The van der Waals surface area contributed by atoms with E-state index in [2.05, 4.69) is 29.4 Å². The topological polar surface area (TPSA) is 70.7 Å². The van der Waals surface area contributed by atoms with Crippen LogP contribution in [-0.2, 0) is 9.53 Å². The molecule has 0 radical (unpaired) electrons. The molecule has 36 heavy (non-hydrogen) atoms. The Morgan fingerprint density at radius 3 is 2.33 bits per heavy atom. The minimum Gasteiger partial charge on any atom is -0.376 e. The van der Waals surface area contributed by atoms with E-state index < -0.39 is 0 Å². The smallest absolute Gasteiger partial charge is 0.253 e. The second-order valence-corrected chi connectivity index (χ2v) is 10.9. The number of hydrogen-bond acceptors (Lipinski definition) is 4. The summed E-state index contributed by atoms with van der Waals surface area (Å²) < 4.78 is 5.68. The lowest BCUT2D eigenvalue weighted by Crippen LogP contribution is -2.36. The molecule has 1 atom stereocenters. The highest BCUT2D eigenvalue weighted by atomic mass is 16.5. The summed E-state index contributed by atoms with van der Waals surface area (Å²) in [5.41, 5.74) is 2.31. The standard InChI is InChI=1S/C30H49N3O3/c1-3-4-5-6-7-8-9-10-11-14-29(34)32-25-15-16-28(33-19-17-24(2)18-20-33)27(22-25)30(35)31-23-26-13-12-21-36-26/h15-16,22,24,26H,3-14,17-21,23H2,1-2H3,(H,31,35)(H,32,34). The Bertz CT molecular complexity index is 799. The third kappa shape index (κ3) is 9.76. The number of unbranched alkanes of at least 4 members (excludes halogenated alkanes) is 8. The molecule has 6 nitrogen and oxygen atoms in total. The van der Waals surface area contributed by atoms with Crippen LogP contribution in [0.1, 0.15) is 114 Å². The van der Waals surface area contributed by atoms with Crippen molar-refractivity contribution in [1.82, 2.24) is 5.32 Å². The number of carbonyl (C=O) groups excluding carboxylic acids is 2. The Kier molecular flexibility index (Phi) is 12.6. The number of carbonyl (C=O) groups is 2. The number of hydrogen-bond donors (Lipinski definition) is 2. The van der Waals surface area contributed by atoms with E-state index in [-0.39, 0.29) is 17.9 Å². The number of amides is 2. The molecule has 0 aromatic heterocycles. The van der Waals surface area contributed by atoms with Crippen LogP contribution in [0.4, 0.5) is 11.4 Å². The molecular weight excluding hydrogens is 450 g/mol. The molecule has 1 unspecified atom stereocenters. The number of nitrogens with one attached hydrogen (secondary N) is 2. The molecule has 2 N–H and O–H groups in total. The third-order valence-electron chi connectivity index (χ3n) is 7.67. The minimum absolute atomic E-state index is 0.0307. The van der Waals surface area contributed by atoms with E-state index in [9.17, 15) is 9.59 Å². The van der Waals surface area contributed by atoms with Gasteiger partial charge in [0.25, 0.3) is 5.91 Å². The van der Waals surface area contributed by atoms with Crippen LogP contribution in [0.25, 0.3) is 0 Å². The summed E-state index contributed by atoms with van der Waals surface area (Å²) in [4.78, 5) is 28.1. The predicted molar refractivity (Wildman–Crippen MR) is 149 cm³/mol. The number of anilines is 2. The van der Waals surface area contributed by atoms with Gasteiger partial charge in [0.2, 0.25) is 5.91 Å². The van der Waals surface area contributed by atoms with Gasteiger partial charge in [0.1, 0.15) is 0 Å². The first kappa shape index (κ1) is 28.5. The van der Waals surface area contributed by atoms with Gasteiger partial charge in [-0.3, -0.25) is 9.59 Å². The van der Waals surface area contributed by atoms with Gasteiger partial charge in [-0.15, -0.1) is 0 Å². The van der Waals surface area contributed by atoms with Crippen molar-refractivity contribution in [3.8, 4) is 0 Å². The number of nitrogens with zero attached hydrogens (tertiary/aromatic N) is 1. The summed E-state index contributed by atoms with van der Waals surface area (Å²) >= 11 is 0. The first-order valence-electron chi connectivity index (χ1n) is 14.7. The van der Waals surface area contributed by atoms with Crippen LogP contribution in [0, 0.1) is 5.92 Å². The minimum atomic E-state index is -0.0887. The van der Waals surface area contributed by atoms with Crippen LogP contribution < -0.4 is 15.5 Å². The average molecular weight is 500 g/mol. The molecule has 2 amide bonds. The van der Waals surface area contributed by atoms with Crippen LogP contribution in [-0.4, -0.2) is 44.2 Å². The molecule has 0 bridgehead atoms. The number of rotatable bonds is 15. The number of ether oxygens (including phenoxy) is 1. The van der Waals surface area contributed by atoms with Crippen molar-refractivity contribution < 1.29 is 14.3 Å². The summed E-state index contributed by atoms with van der Waals surface area (Å²) in [6.45, 7) is 7.76. The van der Waals surface area contributed by atoms with Crippen molar-refractivity contribution in [3.63, 3.8) is 0 Å². The van der Waals surface area contributed by atoms with Gasteiger partial charge >= 0.3 is 0 Å². The fourth-order valence-corrected chi connectivity index (χ4v) is 5.25. The van der Waals surface area contributed by atoms with Gasteiger partial charge in [-0.2, -0.15) is 0 Å². The molecule has 0 aliphatic carbocycles. The van der Waals surface area contributed by atoms with Crippen LogP contribution in [0.15, 0.2) is 18.2 Å². The van der Waals surface area contributed by atoms with Crippen molar-refractivity contribution in [2.75, 3.05) is 36.5 Å². The highest BCUT2D eigenvalue weighted by Gasteiger charge is 2.23. The van der Waals surface area contributed by atoms with Crippen LogP contribution in [0.3, 0.4) is 0 Å². The quantitative estimate of drug-likeness (QED) is 0.264. The largest absolute Gasteiger partial charge is 0.376 e. The summed E-state index contributed by atoms with van der Waals surface area (Å²) in [5.74, 6) is 0.662. The lowest BCUT2D eigenvalue weighted by atomic mass is 9.97. The fourth-order valence-electron chi connectivity index (χ4n) is 5.25. The maximum absolute atomic E-state index is 13.2. The Labute approximate surface area is 218 Å². The maximum Gasteiger partial charge on any atom is 0.253 e. The van der Waals surface area contributed by atoms with E-state index in [4.69, 9.17) is 4.74 Å². The Morgan fingerprint density at radius 2 is 1.67 bits per heavy atom. The van der Waals surface area contributed by atoms with Crippen LogP contribution in [0.5, 0.6) is 0 Å². The highest BCUT2D eigenvalue weighted by Crippen LogP contribution is 2.29. The molecule has 2 saturated heterocycles. The Hall–Kier alpha value is -2.08. The van der Waals surface area contributed by atoms with E-state index in [1.165, 1.54) is 44.9 Å². The monoisotopic (exact) mass is 499 g/mol. The average Bonchev–Trinajstić information content (AvgIpc) is 3.41. The van der Waals surface area contributed by atoms with Crippen molar-refractivity contribution in [3.05, 3.63) is 23.8 Å². The zero-order valence-corrected chi connectivity index (χ0v) is 22.8. The summed E-state index contributed by atoms with van der Waals surface area (Å²) in [6, 6.07) is 5.80. The fraction of sp³-hybridized carbons (Fsp3) is 0.733. The van der Waals surface area contributed by atoms with Gasteiger partial charge < -0.3 is 20.3 Å². The van der Waals surface area contributed by atoms with Crippen molar-refractivity contribution in [2.24, 2.45) is 5.92 Å². The molecule has 6 heteroatoms. The van der Waals surface area contributed by atoms with E-state index >= 15 is 0 Å². The van der Waals surface area contributed by atoms with Crippen LogP contribution >= 0.6 is 0 Å².